The maximum atomic E-state index is 12.2. The van der Waals surface area contributed by atoms with Crippen LogP contribution >= 0.6 is 0 Å². The number of carboxylic acid groups (broad SMARTS) is 1. The van der Waals surface area contributed by atoms with Crippen LogP contribution in [-0.4, -0.2) is 19.0 Å². The Morgan fingerprint density at radius 3 is 2.50 bits per heavy atom. The molecule has 1 amide bonds. The molecule has 22 heavy (non-hydrogen) atoms. The molecule has 0 aliphatic rings. The van der Waals surface area contributed by atoms with Gasteiger partial charge in [-0.25, -0.2) is 0 Å². The smallest absolute Gasteiger partial charge is 0.251 e. The van der Waals surface area contributed by atoms with Crippen molar-refractivity contribution >= 4 is 11.9 Å². The Bertz CT molecular complexity index is 655. The number of amides is 1. The molecule has 5 heteroatoms. The third-order valence-electron chi connectivity index (χ3n) is 3.21. The number of carboxylic acids is 1. The van der Waals surface area contributed by atoms with E-state index in [2.05, 4.69) is 5.32 Å². The van der Waals surface area contributed by atoms with E-state index in [1.165, 1.54) is 7.11 Å². The number of hydrogen-bond donors (Lipinski definition) is 1. The van der Waals surface area contributed by atoms with Crippen molar-refractivity contribution < 1.29 is 19.4 Å². The Kier molecular flexibility index (Phi) is 5.14. The Balaban J connectivity index is 2.22. The van der Waals surface area contributed by atoms with Crippen LogP contribution in [0.1, 0.15) is 28.4 Å². The van der Waals surface area contributed by atoms with Crippen LogP contribution in [-0.2, 0) is 4.79 Å². The van der Waals surface area contributed by atoms with Crippen molar-refractivity contribution in [1.82, 2.24) is 5.32 Å². The highest BCUT2D eigenvalue weighted by Crippen LogP contribution is 2.22. The summed E-state index contributed by atoms with van der Waals surface area (Å²) in [5.41, 5.74) is 1.11. The molecule has 0 bridgehead atoms. The van der Waals surface area contributed by atoms with Crippen LogP contribution in [0.4, 0.5) is 0 Å². The zero-order valence-electron chi connectivity index (χ0n) is 12.1. The average Bonchev–Trinajstić information content (AvgIpc) is 2.54. The highest BCUT2D eigenvalue weighted by molar-refractivity contribution is 5.94. The number of rotatable bonds is 6. The van der Waals surface area contributed by atoms with Crippen LogP contribution in [0.25, 0.3) is 0 Å². The number of nitrogens with one attached hydrogen (secondary N) is 1. The van der Waals surface area contributed by atoms with Crippen LogP contribution in [0.5, 0.6) is 5.75 Å². The van der Waals surface area contributed by atoms with Gasteiger partial charge in [0.15, 0.2) is 0 Å². The fourth-order valence-corrected chi connectivity index (χ4v) is 2.11. The summed E-state index contributed by atoms with van der Waals surface area (Å²) in [5, 5.41) is 13.7. The molecule has 0 aliphatic heterocycles. The van der Waals surface area contributed by atoms with E-state index >= 15 is 0 Å². The monoisotopic (exact) mass is 298 g/mol. The summed E-state index contributed by atoms with van der Waals surface area (Å²) in [6.07, 6.45) is -0.314. The number of hydrogen-bond acceptors (Lipinski definition) is 4. The molecular weight excluding hydrogens is 282 g/mol. The molecule has 0 heterocycles. The van der Waals surface area contributed by atoms with Gasteiger partial charge in [0, 0.05) is 18.0 Å². The predicted molar refractivity (Wildman–Crippen MR) is 79.3 cm³/mol. The first-order valence-electron chi connectivity index (χ1n) is 6.80. The molecule has 2 aromatic rings. The Morgan fingerprint density at radius 1 is 1.14 bits per heavy atom. The summed E-state index contributed by atoms with van der Waals surface area (Å²) in [4.78, 5) is 23.2. The number of carbonyl (C=O) groups excluding carboxylic acids is 2. The molecule has 0 saturated carbocycles. The summed E-state index contributed by atoms with van der Waals surface area (Å²) in [6, 6.07) is 14.9. The number of methoxy groups -OCH3 is 1. The molecule has 2 aromatic carbocycles. The Labute approximate surface area is 128 Å². The van der Waals surface area contributed by atoms with Crippen LogP contribution in [0, 0.1) is 0 Å². The molecule has 0 aromatic heterocycles. The van der Waals surface area contributed by atoms with Gasteiger partial charge < -0.3 is 20.0 Å². The van der Waals surface area contributed by atoms with E-state index in [4.69, 9.17) is 4.74 Å². The molecule has 2 rings (SSSR count). The minimum absolute atomic E-state index is 0.314. The van der Waals surface area contributed by atoms with Crippen molar-refractivity contribution in [3.8, 4) is 5.75 Å². The van der Waals surface area contributed by atoms with Gasteiger partial charge in [-0.1, -0.05) is 30.3 Å². The van der Waals surface area contributed by atoms with Gasteiger partial charge in [0.05, 0.1) is 13.2 Å². The second-order valence-corrected chi connectivity index (χ2v) is 4.74. The minimum Gasteiger partial charge on any atom is -0.550 e. The van der Waals surface area contributed by atoms with Crippen LogP contribution in [0.3, 0.4) is 0 Å². The van der Waals surface area contributed by atoms with Gasteiger partial charge in [-0.05, 0) is 29.8 Å². The lowest BCUT2D eigenvalue weighted by atomic mass is 10.0. The van der Waals surface area contributed by atoms with E-state index in [1.807, 2.05) is 0 Å². The van der Waals surface area contributed by atoms with Gasteiger partial charge in [-0.15, -0.1) is 0 Å². The van der Waals surface area contributed by atoms with Crippen molar-refractivity contribution in [2.45, 2.75) is 12.5 Å². The molecule has 1 unspecified atom stereocenters. The van der Waals surface area contributed by atoms with Crippen LogP contribution < -0.4 is 15.2 Å². The zero-order chi connectivity index (χ0) is 15.9. The summed E-state index contributed by atoms with van der Waals surface area (Å²) in [6.45, 7) is 0. The molecule has 0 radical (unpaired) electrons. The lowest BCUT2D eigenvalue weighted by Crippen LogP contribution is -2.34. The topological polar surface area (TPSA) is 78.5 Å². The summed E-state index contributed by atoms with van der Waals surface area (Å²) >= 11 is 0. The van der Waals surface area contributed by atoms with Crippen molar-refractivity contribution in [3.05, 3.63) is 65.7 Å². The average molecular weight is 298 g/mol. The van der Waals surface area contributed by atoms with Crippen LogP contribution in [0.2, 0.25) is 0 Å². The third-order valence-corrected chi connectivity index (χ3v) is 3.21. The summed E-state index contributed by atoms with van der Waals surface area (Å²) in [7, 11) is 1.52. The molecular formula is C17H16NO4-. The van der Waals surface area contributed by atoms with Gasteiger partial charge in [-0.2, -0.15) is 0 Å². The van der Waals surface area contributed by atoms with E-state index in [-0.39, 0.29) is 12.3 Å². The van der Waals surface area contributed by atoms with Gasteiger partial charge in [0.2, 0.25) is 0 Å². The quantitative estimate of drug-likeness (QED) is 0.872. The summed E-state index contributed by atoms with van der Waals surface area (Å²) in [5.74, 6) is -0.981. The fourth-order valence-electron chi connectivity index (χ4n) is 2.11. The highest BCUT2D eigenvalue weighted by Gasteiger charge is 2.16. The maximum absolute atomic E-state index is 12.2. The predicted octanol–water partition coefficient (Wildman–Crippen LogP) is 1.31. The van der Waals surface area contributed by atoms with Crippen molar-refractivity contribution in [2.75, 3.05) is 7.11 Å². The Morgan fingerprint density at radius 2 is 1.86 bits per heavy atom. The number of benzene rings is 2. The SMILES string of the molecule is COc1cccc(C(CC(=O)[O-])NC(=O)c2ccccc2)c1. The first-order chi connectivity index (χ1) is 10.6. The second kappa shape index (κ2) is 7.26. The normalized spacial score (nSPS) is 11.5. The first-order valence-corrected chi connectivity index (χ1v) is 6.80. The number of carbonyl (C=O) groups is 2. The van der Waals surface area contributed by atoms with Crippen molar-refractivity contribution in [2.24, 2.45) is 0 Å². The number of aliphatic carboxylic acids is 1. The van der Waals surface area contributed by atoms with Gasteiger partial charge in [0.1, 0.15) is 5.75 Å². The van der Waals surface area contributed by atoms with Gasteiger partial charge >= 0.3 is 0 Å². The van der Waals surface area contributed by atoms with E-state index in [0.717, 1.165) is 0 Å². The van der Waals surface area contributed by atoms with Gasteiger partial charge in [-0.3, -0.25) is 4.79 Å². The largest absolute Gasteiger partial charge is 0.550 e. The molecule has 1 atom stereocenters. The molecule has 0 aliphatic carbocycles. The maximum Gasteiger partial charge on any atom is 0.251 e. The van der Waals surface area contributed by atoms with E-state index in [0.29, 0.717) is 16.9 Å². The second-order valence-electron chi connectivity index (χ2n) is 4.74. The lowest BCUT2D eigenvalue weighted by molar-refractivity contribution is -0.306. The van der Waals surface area contributed by atoms with Crippen LogP contribution in [0.15, 0.2) is 54.6 Å². The lowest BCUT2D eigenvalue weighted by Gasteiger charge is -2.20. The molecule has 5 nitrogen and oxygen atoms in total. The first kappa shape index (κ1) is 15.6. The minimum atomic E-state index is -1.24. The summed E-state index contributed by atoms with van der Waals surface area (Å²) < 4.78 is 5.12. The van der Waals surface area contributed by atoms with Gasteiger partial charge in [0.25, 0.3) is 5.91 Å². The van der Waals surface area contributed by atoms with E-state index in [1.54, 1.807) is 54.6 Å². The fraction of sp³-hybridized carbons (Fsp3) is 0.176. The van der Waals surface area contributed by atoms with Crippen molar-refractivity contribution in [1.29, 1.82) is 0 Å². The van der Waals surface area contributed by atoms with Crippen molar-refractivity contribution in [3.63, 3.8) is 0 Å². The van der Waals surface area contributed by atoms with E-state index in [9.17, 15) is 14.7 Å². The number of ether oxygens (including phenoxy) is 1. The molecule has 1 N–H and O–H groups in total. The molecule has 114 valence electrons. The van der Waals surface area contributed by atoms with E-state index < -0.39 is 12.0 Å². The highest BCUT2D eigenvalue weighted by atomic mass is 16.5. The standard InChI is InChI=1S/C17H17NO4/c1-22-14-9-5-8-13(10-14)15(11-16(19)20)18-17(21)12-6-3-2-4-7-12/h2-10,15H,11H2,1H3,(H,18,21)(H,19,20)/p-1. The molecule has 0 spiro atoms. The Hall–Kier alpha value is -2.82. The molecule has 0 saturated heterocycles. The zero-order valence-corrected chi connectivity index (χ0v) is 12.1. The molecule has 0 fully saturated rings. The third kappa shape index (κ3) is 4.09.